The molecule has 7 nitrogen and oxygen atoms in total. The monoisotopic (exact) mass is 289 g/mol. The number of anilines is 1. The van der Waals surface area contributed by atoms with E-state index < -0.39 is 4.92 Å². The third kappa shape index (κ3) is 2.87. The minimum Gasteiger partial charge on any atom is -0.318 e. The van der Waals surface area contributed by atoms with Crippen molar-refractivity contribution in [2.45, 2.75) is 33.7 Å². The Bertz CT molecular complexity index is 678. The standard InChI is InChI=1S/C14H19N5O2/c1-4-12-9(2)17-18(10(12)3)8-11-5-6-13(16-15)14(7-11)19(20)21/h5-7,16H,4,8,15H2,1-3H3. The van der Waals surface area contributed by atoms with Crippen LogP contribution in [0.2, 0.25) is 0 Å². The zero-order valence-corrected chi connectivity index (χ0v) is 12.4. The number of hydrazine groups is 1. The summed E-state index contributed by atoms with van der Waals surface area (Å²) in [5.41, 5.74) is 6.74. The highest BCUT2D eigenvalue weighted by molar-refractivity contribution is 5.61. The number of nitrogens with zero attached hydrogens (tertiary/aromatic N) is 3. The smallest absolute Gasteiger partial charge is 0.293 e. The predicted octanol–water partition coefficient (Wildman–Crippen LogP) is 2.30. The van der Waals surface area contributed by atoms with Gasteiger partial charge in [0, 0.05) is 11.8 Å². The normalized spacial score (nSPS) is 10.7. The molecule has 1 aromatic heterocycles. The number of rotatable bonds is 5. The summed E-state index contributed by atoms with van der Waals surface area (Å²) in [6.07, 6.45) is 0.924. The molecule has 0 saturated carbocycles. The first-order valence-corrected chi connectivity index (χ1v) is 6.74. The van der Waals surface area contributed by atoms with E-state index in [4.69, 9.17) is 5.84 Å². The van der Waals surface area contributed by atoms with Crippen LogP contribution in [-0.2, 0) is 13.0 Å². The first-order valence-electron chi connectivity index (χ1n) is 6.74. The largest absolute Gasteiger partial charge is 0.318 e. The Morgan fingerprint density at radius 1 is 1.43 bits per heavy atom. The second-order valence-corrected chi connectivity index (χ2v) is 4.91. The van der Waals surface area contributed by atoms with Gasteiger partial charge >= 0.3 is 0 Å². The molecule has 0 radical (unpaired) electrons. The molecule has 2 aromatic rings. The average molecular weight is 289 g/mol. The molecular formula is C14H19N5O2. The Morgan fingerprint density at radius 2 is 2.14 bits per heavy atom. The molecule has 0 aliphatic heterocycles. The number of nitro benzene ring substituents is 1. The maximum atomic E-state index is 11.0. The molecule has 3 N–H and O–H groups in total. The van der Waals surface area contributed by atoms with Crippen LogP contribution in [0.25, 0.3) is 0 Å². The number of benzene rings is 1. The van der Waals surface area contributed by atoms with Gasteiger partial charge in [-0.05, 0) is 37.5 Å². The van der Waals surface area contributed by atoms with Crippen molar-refractivity contribution in [1.29, 1.82) is 0 Å². The van der Waals surface area contributed by atoms with Gasteiger partial charge in [-0.3, -0.25) is 20.6 Å². The Kier molecular flexibility index (Phi) is 4.23. The van der Waals surface area contributed by atoms with E-state index in [9.17, 15) is 10.1 Å². The van der Waals surface area contributed by atoms with E-state index in [1.165, 1.54) is 11.6 Å². The lowest BCUT2D eigenvalue weighted by atomic mass is 10.1. The fourth-order valence-electron chi connectivity index (χ4n) is 2.52. The Hall–Kier alpha value is -2.41. The molecule has 0 fully saturated rings. The summed E-state index contributed by atoms with van der Waals surface area (Å²) in [4.78, 5) is 10.6. The molecule has 1 aromatic carbocycles. The maximum absolute atomic E-state index is 11.0. The van der Waals surface area contributed by atoms with Crippen molar-refractivity contribution in [2.75, 3.05) is 5.43 Å². The van der Waals surface area contributed by atoms with E-state index in [1.807, 2.05) is 24.6 Å². The van der Waals surface area contributed by atoms with E-state index in [2.05, 4.69) is 17.4 Å². The van der Waals surface area contributed by atoms with Crippen molar-refractivity contribution in [3.05, 3.63) is 50.8 Å². The van der Waals surface area contributed by atoms with Crippen molar-refractivity contribution in [3.8, 4) is 0 Å². The maximum Gasteiger partial charge on any atom is 0.293 e. The summed E-state index contributed by atoms with van der Waals surface area (Å²) >= 11 is 0. The number of nitrogen functional groups attached to an aromatic ring is 1. The van der Waals surface area contributed by atoms with Crippen molar-refractivity contribution >= 4 is 11.4 Å². The van der Waals surface area contributed by atoms with Gasteiger partial charge in [-0.25, -0.2) is 0 Å². The van der Waals surface area contributed by atoms with Crippen LogP contribution in [0.1, 0.15) is 29.4 Å². The van der Waals surface area contributed by atoms with Crippen molar-refractivity contribution < 1.29 is 4.92 Å². The van der Waals surface area contributed by atoms with E-state index in [-0.39, 0.29) is 5.69 Å². The highest BCUT2D eigenvalue weighted by atomic mass is 16.6. The van der Waals surface area contributed by atoms with Gasteiger partial charge in [0.2, 0.25) is 0 Å². The first kappa shape index (κ1) is 15.0. The van der Waals surface area contributed by atoms with Crippen molar-refractivity contribution in [3.63, 3.8) is 0 Å². The topological polar surface area (TPSA) is 99.0 Å². The Labute approximate surface area is 122 Å². The molecule has 0 atom stereocenters. The van der Waals surface area contributed by atoms with Crippen LogP contribution >= 0.6 is 0 Å². The SMILES string of the molecule is CCc1c(C)nn(Cc2ccc(NN)c([N+](=O)[O-])c2)c1C. The minimum atomic E-state index is -0.447. The van der Waals surface area contributed by atoms with Crippen LogP contribution in [0.3, 0.4) is 0 Å². The molecule has 0 aliphatic carbocycles. The molecule has 0 spiro atoms. The molecule has 112 valence electrons. The minimum absolute atomic E-state index is 0.0350. The number of hydrogen-bond donors (Lipinski definition) is 2. The molecule has 2 rings (SSSR count). The van der Waals surface area contributed by atoms with E-state index >= 15 is 0 Å². The molecular weight excluding hydrogens is 270 g/mol. The summed E-state index contributed by atoms with van der Waals surface area (Å²) in [7, 11) is 0. The lowest BCUT2D eigenvalue weighted by molar-refractivity contribution is -0.384. The van der Waals surface area contributed by atoms with E-state index in [0.29, 0.717) is 12.2 Å². The lowest BCUT2D eigenvalue weighted by Crippen LogP contribution is -2.10. The van der Waals surface area contributed by atoms with Crippen LogP contribution in [0, 0.1) is 24.0 Å². The summed E-state index contributed by atoms with van der Waals surface area (Å²) in [5.74, 6) is 5.28. The number of hydrogen-bond acceptors (Lipinski definition) is 5. The summed E-state index contributed by atoms with van der Waals surface area (Å²) in [5, 5.41) is 15.5. The molecule has 21 heavy (non-hydrogen) atoms. The van der Waals surface area contributed by atoms with Gasteiger partial charge in [-0.1, -0.05) is 13.0 Å². The molecule has 0 unspecified atom stereocenters. The number of nitro groups is 1. The Balaban J connectivity index is 2.36. The van der Waals surface area contributed by atoms with Crippen LogP contribution in [0.15, 0.2) is 18.2 Å². The average Bonchev–Trinajstić information content (AvgIpc) is 2.72. The number of nitrogens with one attached hydrogen (secondary N) is 1. The Morgan fingerprint density at radius 3 is 2.67 bits per heavy atom. The van der Waals surface area contributed by atoms with Gasteiger partial charge in [0.05, 0.1) is 17.2 Å². The van der Waals surface area contributed by atoms with Gasteiger partial charge in [0.15, 0.2) is 0 Å². The molecule has 0 bridgehead atoms. The summed E-state index contributed by atoms with van der Waals surface area (Å²) in [6.45, 7) is 6.58. The quantitative estimate of drug-likeness (QED) is 0.500. The third-order valence-corrected chi connectivity index (χ3v) is 3.63. The number of aromatic nitrogens is 2. The molecule has 0 saturated heterocycles. The highest BCUT2D eigenvalue weighted by Crippen LogP contribution is 2.25. The van der Waals surface area contributed by atoms with Crippen molar-refractivity contribution in [1.82, 2.24) is 9.78 Å². The van der Waals surface area contributed by atoms with Crippen molar-refractivity contribution in [2.24, 2.45) is 5.84 Å². The molecule has 7 heteroatoms. The van der Waals surface area contributed by atoms with Crippen LogP contribution in [0.4, 0.5) is 11.4 Å². The van der Waals surface area contributed by atoms with Crippen LogP contribution in [0.5, 0.6) is 0 Å². The second-order valence-electron chi connectivity index (χ2n) is 4.91. The van der Waals surface area contributed by atoms with Gasteiger partial charge in [-0.2, -0.15) is 5.10 Å². The zero-order valence-electron chi connectivity index (χ0n) is 12.4. The van der Waals surface area contributed by atoms with E-state index in [1.54, 1.807) is 6.07 Å². The molecule has 1 heterocycles. The highest BCUT2D eigenvalue weighted by Gasteiger charge is 2.15. The van der Waals surface area contributed by atoms with Gasteiger partial charge < -0.3 is 5.43 Å². The van der Waals surface area contributed by atoms with Gasteiger partial charge in [-0.15, -0.1) is 0 Å². The zero-order chi connectivity index (χ0) is 15.6. The third-order valence-electron chi connectivity index (χ3n) is 3.63. The molecule has 0 aliphatic rings. The second kappa shape index (κ2) is 5.92. The summed E-state index contributed by atoms with van der Waals surface area (Å²) in [6, 6.07) is 4.95. The number of aryl methyl sites for hydroxylation is 1. The van der Waals surface area contributed by atoms with Gasteiger partial charge in [0.25, 0.3) is 5.69 Å². The van der Waals surface area contributed by atoms with Crippen LogP contribution in [-0.4, -0.2) is 14.7 Å². The lowest BCUT2D eigenvalue weighted by Gasteiger charge is -2.07. The fraction of sp³-hybridized carbons (Fsp3) is 0.357. The summed E-state index contributed by atoms with van der Waals surface area (Å²) < 4.78 is 1.88. The molecule has 0 amide bonds. The van der Waals surface area contributed by atoms with Gasteiger partial charge in [0.1, 0.15) is 5.69 Å². The van der Waals surface area contributed by atoms with Crippen LogP contribution < -0.4 is 11.3 Å². The predicted molar refractivity (Wildman–Crippen MR) is 81.1 cm³/mol. The first-order chi connectivity index (χ1) is 9.97. The number of nitrogens with two attached hydrogens (primary N) is 1. The van der Waals surface area contributed by atoms with E-state index in [0.717, 1.165) is 23.4 Å². The fourth-order valence-corrected chi connectivity index (χ4v) is 2.52.